The van der Waals surface area contributed by atoms with Crippen molar-refractivity contribution in [2.45, 2.75) is 116 Å². The summed E-state index contributed by atoms with van der Waals surface area (Å²) in [5.41, 5.74) is -0.309. The van der Waals surface area contributed by atoms with Crippen LogP contribution in [0.5, 0.6) is 5.75 Å². The topological polar surface area (TPSA) is 108 Å². The SMILES string of the molecule is CCCCCCCCN(C(=O)CNC(=O)OC(C)(C)C)C(C(=O)NC1CCCCC1)c1ccccc1O. The smallest absolute Gasteiger partial charge is 0.408 e. The van der Waals surface area contributed by atoms with Gasteiger partial charge < -0.3 is 25.4 Å². The summed E-state index contributed by atoms with van der Waals surface area (Å²) in [7, 11) is 0. The third-order valence-electron chi connectivity index (χ3n) is 6.60. The molecule has 0 saturated heterocycles. The molecule has 1 aliphatic rings. The quantitative estimate of drug-likeness (QED) is 0.295. The number of alkyl carbamates (subject to hydrolysis) is 1. The summed E-state index contributed by atoms with van der Waals surface area (Å²) in [5.74, 6) is -0.733. The van der Waals surface area contributed by atoms with Gasteiger partial charge in [-0.1, -0.05) is 76.5 Å². The van der Waals surface area contributed by atoms with E-state index in [1.165, 1.54) is 17.4 Å². The monoisotopic (exact) mass is 517 g/mol. The van der Waals surface area contributed by atoms with Gasteiger partial charge >= 0.3 is 6.09 Å². The van der Waals surface area contributed by atoms with Crippen LogP contribution in [-0.4, -0.2) is 52.6 Å². The predicted molar refractivity (Wildman–Crippen MR) is 145 cm³/mol. The number of benzene rings is 1. The third kappa shape index (κ3) is 11.0. The van der Waals surface area contributed by atoms with E-state index >= 15 is 0 Å². The van der Waals surface area contributed by atoms with E-state index in [1.807, 2.05) is 0 Å². The summed E-state index contributed by atoms with van der Waals surface area (Å²) in [6.45, 7) is 7.47. The summed E-state index contributed by atoms with van der Waals surface area (Å²) in [4.78, 5) is 40.9. The van der Waals surface area contributed by atoms with Crippen LogP contribution < -0.4 is 10.6 Å². The lowest BCUT2D eigenvalue weighted by Crippen LogP contribution is -2.50. The van der Waals surface area contributed by atoms with Gasteiger partial charge in [-0.2, -0.15) is 0 Å². The summed E-state index contributed by atoms with van der Waals surface area (Å²) >= 11 is 0. The molecule has 1 aromatic rings. The molecule has 2 rings (SSSR count). The number of hydrogen-bond acceptors (Lipinski definition) is 5. The summed E-state index contributed by atoms with van der Waals surface area (Å²) < 4.78 is 5.28. The lowest BCUT2D eigenvalue weighted by Gasteiger charge is -2.34. The number of aromatic hydroxyl groups is 1. The number of carbonyl (C=O) groups is 3. The zero-order valence-corrected chi connectivity index (χ0v) is 23.2. The Balaban J connectivity index is 2.25. The van der Waals surface area contributed by atoms with Gasteiger partial charge in [0, 0.05) is 18.2 Å². The molecule has 8 nitrogen and oxygen atoms in total. The van der Waals surface area contributed by atoms with Gasteiger partial charge in [-0.3, -0.25) is 9.59 Å². The Bertz CT molecular complexity index is 861. The molecule has 0 heterocycles. The van der Waals surface area contributed by atoms with Crippen LogP contribution in [0.3, 0.4) is 0 Å². The van der Waals surface area contributed by atoms with E-state index in [0.29, 0.717) is 12.1 Å². The first-order valence-corrected chi connectivity index (χ1v) is 14.0. The van der Waals surface area contributed by atoms with Crippen LogP contribution in [0.1, 0.15) is 110 Å². The highest BCUT2D eigenvalue weighted by Crippen LogP contribution is 2.30. The maximum absolute atomic E-state index is 13.7. The average molecular weight is 518 g/mol. The Morgan fingerprint density at radius 1 is 1.03 bits per heavy atom. The summed E-state index contributed by atoms with van der Waals surface area (Å²) in [6, 6.07) is 5.72. The Kier molecular flexibility index (Phi) is 12.7. The number of rotatable bonds is 13. The van der Waals surface area contributed by atoms with Crippen molar-refractivity contribution in [3.63, 3.8) is 0 Å². The maximum Gasteiger partial charge on any atom is 0.408 e. The van der Waals surface area contributed by atoms with Crippen molar-refractivity contribution in [2.75, 3.05) is 13.1 Å². The number of unbranched alkanes of at least 4 members (excludes halogenated alkanes) is 5. The third-order valence-corrected chi connectivity index (χ3v) is 6.60. The lowest BCUT2D eigenvalue weighted by atomic mass is 9.94. The number of ether oxygens (including phenoxy) is 1. The second kappa shape index (κ2) is 15.5. The minimum atomic E-state index is -0.994. The van der Waals surface area contributed by atoms with Crippen LogP contribution in [0, 0.1) is 0 Å². The van der Waals surface area contributed by atoms with E-state index in [1.54, 1.807) is 39.0 Å². The minimum absolute atomic E-state index is 0.0351. The number of carbonyl (C=O) groups excluding carboxylic acids is 3. The van der Waals surface area contributed by atoms with E-state index in [4.69, 9.17) is 4.74 Å². The first kappa shape index (κ1) is 30.5. The molecule has 0 spiro atoms. The van der Waals surface area contributed by atoms with Crippen LogP contribution in [0.2, 0.25) is 0 Å². The lowest BCUT2D eigenvalue weighted by molar-refractivity contribution is -0.140. The standard InChI is InChI=1S/C29H47N3O5/c1-5-6-7-8-9-15-20-32(25(34)21-30-28(36)37-29(2,3)4)26(23-18-13-14-19-24(23)33)27(35)31-22-16-11-10-12-17-22/h13-14,18-19,22,26,33H,5-12,15-17,20-21H2,1-4H3,(H,30,36)(H,31,35). The average Bonchev–Trinajstić information content (AvgIpc) is 2.84. The number of nitrogens with one attached hydrogen (secondary N) is 2. The molecule has 0 bridgehead atoms. The molecule has 1 saturated carbocycles. The van der Waals surface area contributed by atoms with E-state index in [0.717, 1.165) is 64.2 Å². The number of amides is 3. The fourth-order valence-corrected chi connectivity index (χ4v) is 4.72. The highest BCUT2D eigenvalue weighted by molar-refractivity contribution is 5.91. The number of para-hydroxylation sites is 1. The Morgan fingerprint density at radius 2 is 1.68 bits per heavy atom. The molecular weight excluding hydrogens is 470 g/mol. The van der Waals surface area contributed by atoms with Gasteiger partial charge in [0.05, 0.1) is 0 Å². The Hall–Kier alpha value is -2.77. The molecule has 8 heteroatoms. The highest BCUT2D eigenvalue weighted by Gasteiger charge is 2.34. The number of phenolic OH excluding ortho intramolecular Hbond substituents is 1. The second-order valence-corrected chi connectivity index (χ2v) is 11.0. The van der Waals surface area contributed by atoms with Crippen molar-refractivity contribution in [3.8, 4) is 5.75 Å². The molecule has 1 aliphatic carbocycles. The van der Waals surface area contributed by atoms with E-state index in [9.17, 15) is 19.5 Å². The van der Waals surface area contributed by atoms with Gasteiger partial charge in [-0.15, -0.1) is 0 Å². The van der Waals surface area contributed by atoms with Gasteiger partial charge in [-0.05, 0) is 46.1 Å². The predicted octanol–water partition coefficient (Wildman–Crippen LogP) is 5.60. The van der Waals surface area contributed by atoms with Gasteiger partial charge in [0.15, 0.2) is 0 Å². The summed E-state index contributed by atoms with van der Waals surface area (Å²) in [6.07, 6.45) is 10.6. The van der Waals surface area contributed by atoms with Crippen molar-refractivity contribution in [1.82, 2.24) is 15.5 Å². The molecule has 3 N–H and O–H groups in total. The van der Waals surface area contributed by atoms with Crippen LogP contribution in [0.15, 0.2) is 24.3 Å². The van der Waals surface area contributed by atoms with E-state index in [-0.39, 0.29) is 24.2 Å². The highest BCUT2D eigenvalue weighted by atomic mass is 16.6. The van der Waals surface area contributed by atoms with Crippen LogP contribution in [0.4, 0.5) is 4.79 Å². The van der Waals surface area contributed by atoms with Crippen molar-refractivity contribution >= 4 is 17.9 Å². The van der Waals surface area contributed by atoms with Gasteiger partial charge in [-0.25, -0.2) is 4.79 Å². The molecule has 1 aromatic carbocycles. The fourth-order valence-electron chi connectivity index (χ4n) is 4.72. The Morgan fingerprint density at radius 3 is 2.32 bits per heavy atom. The zero-order chi connectivity index (χ0) is 27.3. The first-order chi connectivity index (χ1) is 17.6. The maximum atomic E-state index is 13.7. The molecule has 1 unspecified atom stereocenters. The normalized spacial score (nSPS) is 15.0. The summed E-state index contributed by atoms with van der Waals surface area (Å²) in [5, 5.41) is 16.3. The molecule has 0 aromatic heterocycles. The van der Waals surface area contributed by atoms with Crippen LogP contribution in [0.25, 0.3) is 0 Å². The van der Waals surface area contributed by atoms with Crippen LogP contribution in [-0.2, 0) is 14.3 Å². The van der Waals surface area contributed by atoms with E-state index in [2.05, 4.69) is 17.6 Å². The first-order valence-electron chi connectivity index (χ1n) is 14.0. The molecule has 1 atom stereocenters. The second-order valence-electron chi connectivity index (χ2n) is 11.0. The largest absolute Gasteiger partial charge is 0.508 e. The fraction of sp³-hybridized carbons (Fsp3) is 0.690. The van der Waals surface area contributed by atoms with Crippen LogP contribution >= 0.6 is 0 Å². The van der Waals surface area contributed by atoms with Gasteiger partial charge in [0.2, 0.25) is 11.8 Å². The van der Waals surface area contributed by atoms with Crippen molar-refractivity contribution in [1.29, 1.82) is 0 Å². The molecule has 0 aliphatic heterocycles. The molecule has 3 amide bonds. The molecule has 37 heavy (non-hydrogen) atoms. The Labute approximate surface area is 222 Å². The molecule has 1 fully saturated rings. The molecule has 208 valence electrons. The van der Waals surface area contributed by atoms with Gasteiger partial charge in [0.25, 0.3) is 0 Å². The number of hydrogen-bond donors (Lipinski definition) is 3. The number of phenols is 1. The minimum Gasteiger partial charge on any atom is -0.508 e. The molecule has 0 radical (unpaired) electrons. The van der Waals surface area contributed by atoms with Crippen molar-refractivity contribution < 1.29 is 24.2 Å². The molecular formula is C29H47N3O5. The van der Waals surface area contributed by atoms with Gasteiger partial charge in [0.1, 0.15) is 23.9 Å². The van der Waals surface area contributed by atoms with E-state index < -0.39 is 23.6 Å². The number of nitrogens with zero attached hydrogens (tertiary/aromatic N) is 1. The van der Waals surface area contributed by atoms with Crippen molar-refractivity contribution in [2.24, 2.45) is 0 Å². The zero-order valence-electron chi connectivity index (χ0n) is 23.2. The van der Waals surface area contributed by atoms with Crippen molar-refractivity contribution in [3.05, 3.63) is 29.8 Å².